The molecule has 0 bridgehead atoms. The maximum Gasteiger partial charge on any atom is 0.164 e. The number of Topliss-reactive ketones (excluding diaryl/α,β-unsaturated/α-hetero) is 1. The number of rotatable bonds is 5. The molecular formula is C17H13N3OS2. The first-order chi connectivity index (χ1) is 11.3. The van der Waals surface area contributed by atoms with Crippen molar-refractivity contribution in [2.45, 2.75) is 10.8 Å². The second kappa shape index (κ2) is 6.14. The van der Waals surface area contributed by atoms with E-state index in [4.69, 9.17) is 0 Å². The Morgan fingerprint density at radius 1 is 1.13 bits per heavy atom. The molecule has 0 saturated heterocycles. The van der Waals surface area contributed by atoms with Gasteiger partial charge in [0.2, 0.25) is 0 Å². The average molecular weight is 339 g/mol. The summed E-state index contributed by atoms with van der Waals surface area (Å²) in [6, 6.07) is 18.1. The summed E-state index contributed by atoms with van der Waals surface area (Å²) in [6.45, 7) is 0.262. The molecule has 0 unspecified atom stereocenters. The largest absolute Gasteiger partial charge is 0.297 e. The van der Waals surface area contributed by atoms with Gasteiger partial charge in [0.05, 0.1) is 15.5 Å². The molecule has 0 aliphatic heterocycles. The number of hydrogen-bond acceptors (Lipinski definition) is 5. The lowest BCUT2D eigenvalue weighted by Gasteiger charge is -2.01. The van der Waals surface area contributed by atoms with Crippen LogP contribution in [0.4, 0.5) is 0 Å². The van der Waals surface area contributed by atoms with E-state index in [9.17, 15) is 4.79 Å². The highest BCUT2D eigenvalue weighted by Crippen LogP contribution is 2.32. The van der Waals surface area contributed by atoms with E-state index < -0.39 is 0 Å². The molecule has 4 nitrogen and oxygen atoms in total. The van der Waals surface area contributed by atoms with Crippen molar-refractivity contribution in [1.29, 1.82) is 0 Å². The lowest BCUT2D eigenvalue weighted by molar-refractivity contribution is -0.117. The molecule has 4 rings (SSSR count). The van der Waals surface area contributed by atoms with Crippen molar-refractivity contribution in [3.05, 3.63) is 54.6 Å². The van der Waals surface area contributed by atoms with E-state index in [1.165, 1.54) is 14.3 Å². The molecule has 2 aromatic heterocycles. The molecule has 0 amide bonds. The topological polar surface area (TPSA) is 47.8 Å². The Morgan fingerprint density at radius 2 is 1.96 bits per heavy atom. The van der Waals surface area contributed by atoms with Gasteiger partial charge >= 0.3 is 0 Å². The number of hydrogen-bond donors (Lipinski definition) is 0. The number of thioether (sulfide) groups is 1. The third-order valence-corrected chi connectivity index (χ3v) is 5.91. The van der Waals surface area contributed by atoms with Gasteiger partial charge in [0, 0.05) is 4.70 Å². The smallest absolute Gasteiger partial charge is 0.164 e. The van der Waals surface area contributed by atoms with Gasteiger partial charge in [-0.15, -0.1) is 28.2 Å². The van der Waals surface area contributed by atoms with Crippen LogP contribution in [0, 0.1) is 0 Å². The molecule has 6 heteroatoms. The number of carbonyl (C=O) groups excluding carboxylic acids is 1. The summed E-state index contributed by atoms with van der Waals surface area (Å²) in [7, 11) is 0. The zero-order valence-electron chi connectivity index (χ0n) is 12.2. The van der Waals surface area contributed by atoms with Gasteiger partial charge in [-0.2, -0.15) is 0 Å². The first-order valence-corrected chi connectivity index (χ1v) is 9.01. The highest BCUT2D eigenvalue weighted by Gasteiger charge is 2.10. The summed E-state index contributed by atoms with van der Waals surface area (Å²) in [6.07, 6.45) is 0. The molecule has 0 fully saturated rings. The Bertz CT molecular complexity index is 957. The molecule has 0 spiro atoms. The predicted octanol–water partition coefficient (Wildman–Crippen LogP) is 4.01. The number of nitrogens with zero attached hydrogens (tertiary/aromatic N) is 3. The number of carbonyl (C=O) groups is 1. The fourth-order valence-corrected chi connectivity index (χ4v) is 4.51. The SMILES string of the molecule is O=C(CSc1cc2ccccc2s1)Cn1nnc2ccccc21. The van der Waals surface area contributed by atoms with Crippen molar-refractivity contribution in [1.82, 2.24) is 15.0 Å². The maximum absolute atomic E-state index is 12.2. The molecule has 0 atom stereocenters. The minimum Gasteiger partial charge on any atom is -0.297 e. The van der Waals surface area contributed by atoms with Crippen LogP contribution in [0.2, 0.25) is 0 Å². The second-order valence-corrected chi connectivity index (χ2v) is 7.53. The van der Waals surface area contributed by atoms with Crippen molar-refractivity contribution < 1.29 is 4.79 Å². The van der Waals surface area contributed by atoms with Gasteiger partial charge < -0.3 is 0 Å². The third kappa shape index (κ3) is 3.00. The number of thiophene rings is 1. The Hall–Kier alpha value is -2.18. The van der Waals surface area contributed by atoms with E-state index in [1.54, 1.807) is 27.8 Å². The third-order valence-electron chi connectivity index (χ3n) is 3.52. The fourth-order valence-electron chi connectivity index (χ4n) is 2.43. The molecule has 0 aliphatic carbocycles. The Kier molecular flexibility index (Phi) is 3.85. The lowest BCUT2D eigenvalue weighted by Crippen LogP contribution is -2.13. The van der Waals surface area contributed by atoms with E-state index >= 15 is 0 Å². The summed E-state index contributed by atoms with van der Waals surface area (Å²) in [5, 5.41) is 9.37. The van der Waals surface area contributed by atoms with E-state index in [1.807, 2.05) is 36.4 Å². The van der Waals surface area contributed by atoms with Crippen molar-refractivity contribution >= 4 is 50.0 Å². The zero-order valence-corrected chi connectivity index (χ0v) is 13.8. The minimum absolute atomic E-state index is 0.142. The number of para-hydroxylation sites is 1. The minimum atomic E-state index is 0.142. The van der Waals surface area contributed by atoms with Crippen molar-refractivity contribution in [2.24, 2.45) is 0 Å². The Balaban J connectivity index is 1.43. The first-order valence-electron chi connectivity index (χ1n) is 7.21. The molecule has 23 heavy (non-hydrogen) atoms. The Morgan fingerprint density at radius 3 is 2.87 bits per heavy atom. The number of aromatic nitrogens is 3. The number of ketones is 1. The highest BCUT2D eigenvalue weighted by molar-refractivity contribution is 8.01. The van der Waals surface area contributed by atoms with Crippen LogP contribution in [0.25, 0.3) is 21.1 Å². The molecule has 0 N–H and O–H groups in total. The first kappa shape index (κ1) is 14.4. The molecule has 4 aromatic rings. The van der Waals surface area contributed by atoms with Crippen molar-refractivity contribution in [3.63, 3.8) is 0 Å². The van der Waals surface area contributed by atoms with Crippen LogP contribution in [0.3, 0.4) is 0 Å². The van der Waals surface area contributed by atoms with Gasteiger partial charge in [-0.1, -0.05) is 35.5 Å². The standard InChI is InChI=1S/C17H13N3OS2/c21-13(10-20-15-7-3-2-6-14(15)18-19-20)11-22-17-9-12-5-1-4-8-16(12)23-17/h1-9H,10-11H2. The normalized spacial score (nSPS) is 11.3. The summed E-state index contributed by atoms with van der Waals surface area (Å²) < 4.78 is 4.09. The van der Waals surface area contributed by atoms with Crippen LogP contribution in [-0.2, 0) is 11.3 Å². The number of benzene rings is 2. The van der Waals surface area contributed by atoms with E-state index in [-0.39, 0.29) is 12.3 Å². The monoisotopic (exact) mass is 339 g/mol. The molecule has 114 valence electrons. The van der Waals surface area contributed by atoms with E-state index in [2.05, 4.69) is 28.5 Å². The summed E-state index contributed by atoms with van der Waals surface area (Å²) in [5.74, 6) is 0.587. The quantitative estimate of drug-likeness (QED) is 0.516. The van der Waals surface area contributed by atoms with Crippen LogP contribution in [0.15, 0.2) is 58.8 Å². The molecule has 0 aliphatic rings. The Labute approximate surface area is 141 Å². The number of fused-ring (bicyclic) bond motifs is 2. The van der Waals surface area contributed by atoms with Crippen LogP contribution in [-0.4, -0.2) is 26.5 Å². The van der Waals surface area contributed by atoms with Crippen LogP contribution in [0.5, 0.6) is 0 Å². The molecular weight excluding hydrogens is 326 g/mol. The second-order valence-electron chi connectivity index (χ2n) is 5.17. The van der Waals surface area contributed by atoms with Gasteiger partial charge in [-0.3, -0.25) is 4.79 Å². The molecule has 0 radical (unpaired) electrons. The van der Waals surface area contributed by atoms with Crippen LogP contribution in [0.1, 0.15) is 0 Å². The zero-order chi connectivity index (χ0) is 15.6. The van der Waals surface area contributed by atoms with Gasteiger partial charge in [0.25, 0.3) is 0 Å². The van der Waals surface area contributed by atoms with Crippen molar-refractivity contribution in [2.75, 3.05) is 5.75 Å². The lowest BCUT2D eigenvalue weighted by atomic mass is 10.3. The summed E-state index contributed by atoms with van der Waals surface area (Å²) >= 11 is 3.31. The van der Waals surface area contributed by atoms with Crippen LogP contribution < -0.4 is 0 Å². The average Bonchev–Trinajstić information content (AvgIpc) is 3.17. The highest BCUT2D eigenvalue weighted by atomic mass is 32.2. The van der Waals surface area contributed by atoms with Gasteiger partial charge in [-0.25, -0.2) is 4.68 Å². The summed E-state index contributed by atoms with van der Waals surface area (Å²) in [4.78, 5) is 12.2. The molecule has 0 saturated carbocycles. The summed E-state index contributed by atoms with van der Waals surface area (Å²) in [5.41, 5.74) is 1.71. The van der Waals surface area contributed by atoms with E-state index in [0.29, 0.717) is 5.75 Å². The predicted molar refractivity (Wildman–Crippen MR) is 95.1 cm³/mol. The van der Waals surface area contributed by atoms with Gasteiger partial charge in [-0.05, 0) is 29.7 Å². The maximum atomic E-state index is 12.2. The van der Waals surface area contributed by atoms with E-state index in [0.717, 1.165) is 11.0 Å². The fraction of sp³-hybridized carbons (Fsp3) is 0.118. The van der Waals surface area contributed by atoms with Crippen LogP contribution >= 0.6 is 23.1 Å². The van der Waals surface area contributed by atoms with Crippen molar-refractivity contribution in [3.8, 4) is 0 Å². The molecule has 2 aromatic carbocycles. The van der Waals surface area contributed by atoms with Gasteiger partial charge in [0.15, 0.2) is 5.78 Å². The van der Waals surface area contributed by atoms with Gasteiger partial charge in [0.1, 0.15) is 12.1 Å². The molecule has 2 heterocycles.